The lowest BCUT2D eigenvalue weighted by atomic mass is 9.84. The van der Waals surface area contributed by atoms with Crippen LogP contribution in [0.15, 0.2) is 53.3 Å². The average Bonchev–Trinajstić information content (AvgIpc) is 3.44. The molecule has 3 aromatic heterocycles. The van der Waals surface area contributed by atoms with E-state index in [0.29, 0.717) is 33.3 Å². The van der Waals surface area contributed by atoms with E-state index in [0.717, 1.165) is 33.9 Å². The molecule has 5 aromatic rings. The minimum atomic E-state index is -1.98. The number of aliphatic hydroxyl groups excluding tert-OH is 5. The van der Waals surface area contributed by atoms with Crippen LogP contribution in [0.5, 0.6) is 0 Å². The lowest BCUT2D eigenvalue weighted by Crippen LogP contribution is -2.43. The molecule has 0 amide bonds. The Morgan fingerprint density at radius 1 is 0.930 bits per heavy atom. The van der Waals surface area contributed by atoms with E-state index in [2.05, 4.69) is 15.2 Å². The normalized spacial score (nSPS) is 17.2. The van der Waals surface area contributed by atoms with Crippen molar-refractivity contribution in [2.75, 3.05) is 6.61 Å². The molecule has 4 atom stereocenters. The van der Waals surface area contributed by atoms with E-state index in [9.17, 15) is 25.2 Å². The van der Waals surface area contributed by atoms with Crippen molar-refractivity contribution in [3.63, 3.8) is 0 Å². The van der Waals surface area contributed by atoms with Crippen LogP contribution in [0.25, 0.3) is 39.6 Å². The van der Waals surface area contributed by atoms with Gasteiger partial charge in [0.1, 0.15) is 24.4 Å². The van der Waals surface area contributed by atoms with Gasteiger partial charge in [0, 0.05) is 15.6 Å². The van der Waals surface area contributed by atoms with E-state index in [1.54, 1.807) is 12.1 Å². The van der Waals surface area contributed by atoms with Gasteiger partial charge in [-0.25, -0.2) is 14.5 Å². The Balaban J connectivity index is 1.61. The molecule has 1 aliphatic carbocycles. The van der Waals surface area contributed by atoms with Gasteiger partial charge in [-0.1, -0.05) is 47.5 Å². The zero-order chi connectivity index (χ0) is 30.4. The van der Waals surface area contributed by atoms with Gasteiger partial charge in [-0.3, -0.25) is 4.79 Å². The highest BCUT2D eigenvalue weighted by Crippen LogP contribution is 2.40. The fourth-order valence-electron chi connectivity index (χ4n) is 5.49. The number of hydrogen-bond donors (Lipinski definition) is 6. The van der Waals surface area contributed by atoms with Crippen molar-refractivity contribution in [2.24, 2.45) is 0 Å². The Morgan fingerprint density at radius 2 is 1.60 bits per heavy atom. The average molecular weight is 624 g/mol. The number of halogens is 2. The maximum Gasteiger partial charge on any atom is 0.270 e. The van der Waals surface area contributed by atoms with Crippen molar-refractivity contribution in [3.8, 4) is 11.1 Å². The Morgan fingerprint density at radius 3 is 2.28 bits per heavy atom. The van der Waals surface area contributed by atoms with Crippen LogP contribution in [-0.4, -0.2) is 75.0 Å². The number of hydrogen-bond acceptors (Lipinski definition) is 9. The van der Waals surface area contributed by atoms with E-state index in [1.807, 2.05) is 42.5 Å². The minimum Gasteiger partial charge on any atom is -0.394 e. The third kappa shape index (κ3) is 5.34. The van der Waals surface area contributed by atoms with Gasteiger partial charge in [0.2, 0.25) is 5.78 Å². The number of aromatic nitrogens is 5. The van der Waals surface area contributed by atoms with Gasteiger partial charge in [-0.15, -0.1) is 0 Å². The summed E-state index contributed by atoms with van der Waals surface area (Å²) in [5.41, 5.74) is 4.36. The number of nitrogens with zero attached hydrogens (tertiary/aromatic N) is 4. The summed E-state index contributed by atoms with van der Waals surface area (Å²) in [6.45, 7) is -0.853. The van der Waals surface area contributed by atoms with Gasteiger partial charge in [0.25, 0.3) is 5.56 Å². The van der Waals surface area contributed by atoms with Crippen LogP contribution in [0.1, 0.15) is 41.6 Å². The van der Waals surface area contributed by atoms with E-state index in [1.165, 1.54) is 0 Å². The highest BCUT2D eigenvalue weighted by atomic mass is 35.5. The van der Waals surface area contributed by atoms with E-state index < -0.39 is 36.6 Å². The third-order valence-electron chi connectivity index (χ3n) is 7.66. The quantitative estimate of drug-likeness (QED) is 0.159. The van der Waals surface area contributed by atoms with Crippen molar-refractivity contribution in [2.45, 2.75) is 43.7 Å². The highest BCUT2D eigenvalue weighted by molar-refractivity contribution is 6.31. The predicted octanol–water partition coefficient (Wildman–Crippen LogP) is 2.92. The van der Waals surface area contributed by atoms with Crippen molar-refractivity contribution < 1.29 is 25.5 Å². The van der Waals surface area contributed by atoms with E-state index >= 15 is 0 Å². The molecule has 6 rings (SSSR count). The van der Waals surface area contributed by atoms with Crippen molar-refractivity contribution in [1.29, 1.82) is 0 Å². The molecule has 1 aliphatic rings. The summed E-state index contributed by atoms with van der Waals surface area (Å²) in [5, 5.41) is 58.4. The number of pyridine rings is 1. The standard InChI is InChI=1S/C30H27Cl2N5O6/c31-17-8-4-14(5-9-17)12-16-2-1-3-19-21(15-6-10-18(32)11-7-15)22-27(33-23(16)19)34-30-36-35-28(37(30)29(22)43)26(42)25(41)24(40)20(39)13-38/h4-12,20,24-26,38-42H,1-3,13H2,(H,33,34,36)/b16-12+/t20-,24-,25+,26-/m1/s1. The first-order chi connectivity index (χ1) is 20.7. The SMILES string of the molecule is O=c1c2c(-c3ccc(Cl)cc3)c3c(nc2nc2[nH]nc([C@H](O)[C@@H](O)[C@H](O)[C@H](O)CO)n12)/C(=C/c1ccc(Cl)cc1)CCC3. The Bertz CT molecular complexity index is 1910. The monoisotopic (exact) mass is 623 g/mol. The number of benzene rings is 2. The van der Waals surface area contributed by atoms with Gasteiger partial charge in [0.15, 0.2) is 11.5 Å². The maximum absolute atomic E-state index is 14.2. The Labute approximate surface area is 254 Å². The van der Waals surface area contributed by atoms with Gasteiger partial charge in [0.05, 0.1) is 17.7 Å². The predicted molar refractivity (Wildman–Crippen MR) is 162 cm³/mol. The van der Waals surface area contributed by atoms with E-state index in [-0.39, 0.29) is 22.6 Å². The van der Waals surface area contributed by atoms with Gasteiger partial charge >= 0.3 is 0 Å². The highest BCUT2D eigenvalue weighted by Gasteiger charge is 2.35. The summed E-state index contributed by atoms with van der Waals surface area (Å²) in [7, 11) is 0. The number of H-pyrrole nitrogens is 1. The first kappa shape index (κ1) is 29.4. The van der Waals surface area contributed by atoms with Gasteiger partial charge < -0.3 is 25.5 Å². The topological polar surface area (TPSA) is 177 Å². The molecule has 3 heterocycles. The fraction of sp³-hybridized carbons (Fsp3) is 0.267. The van der Waals surface area contributed by atoms with Crippen molar-refractivity contribution in [1.82, 2.24) is 24.6 Å². The second kappa shape index (κ2) is 11.8. The number of aromatic amines is 1. The Kier molecular flexibility index (Phi) is 8.05. The largest absolute Gasteiger partial charge is 0.394 e. The molecule has 0 bridgehead atoms. The summed E-state index contributed by atoms with van der Waals surface area (Å²) in [4.78, 5) is 23.7. The zero-order valence-electron chi connectivity index (χ0n) is 22.5. The van der Waals surface area contributed by atoms with Crippen LogP contribution in [0, 0.1) is 0 Å². The Hall–Kier alpha value is -3.68. The van der Waals surface area contributed by atoms with E-state index in [4.69, 9.17) is 33.3 Å². The molecule has 11 nitrogen and oxygen atoms in total. The molecule has 2 aromatic carbocycles. The molecule has 0 fully saturated rings. The van der Waals surface area contributed by atoms with Crippen LogP contribution in [0.2, 0.25) is 10.0 Å². The molecule has 0 spiro atoms. The number of fused-ring (bicyclic) bond motifs is 3. The molecule has 43 heavy (non-hydrogen) atoms. The van der Waals surface area contributed by atoms with Crippen LogP contribution < -0.4 is 5.56 Å². The second-order valence-electron chi connectivity index (χ2n) is 10.4. The molecule has 0 radical (unpaired) electrons. The van der Waals surface area contributed by atoms with Gasteiger partial charge in [-0.05, 0) is 71.9 Å². The first-order valence-electron chi connectivity index (χ1n) is 13.6. The van der Waals surface area contributed by atoms with Crippen LogP contribution in [0.4, 0.5) is 0 Å². The number of nitrogens with one attached hydrogen (secondary N) is 1. The smallest absolute Gasteiger partial charge is 0.270 e. The summed E-state index contributed by atoms with van der Waals surface area (Å²) in [6, 6.07) is 14.5. The molecular weight excluding hydrogens is 597 g/mol. The van der Waals surface area contributed by atoms with Crippen molar-refractivity contribution >= 4 is 51.7 Å². The minimum absolute atomic E-state index is 0.0514. The van der Waals surface area contributed by atoms with Crippen LogP contribution >= 0.6 is 23.2 Å². The number of allylic oxidation sites excluding steroid dienone is 1. The molecule has 0 saturated heterocycles. The molecule has 0 unspecified atom stereocenters. The molecular formula is C30H27Cl2N5O6. The fourth-order valence-corrected chi connectivity index (χ4v) is 5.74. The zero-order valence-corrected chi connectivity index (χ0v) is 24.0. The number of rotatable bonds is 7. The van der Waals surface area contributed by atoms with Crippen molar-refractivity contribution in [3.05, 3.63) is 91.6 Å². The molecule has 222 valence electrons. The summed E-state index contributed by atoms with van der Waals surface area (Å²) in [6.07, 6.45) is -3.29. The number of aliphatic hydroxyl groups is 5. The van der Waals surface area contributed by atoms with Crippen LogP contribution in [0.3, 0.4) is 0 Å². The molecule has 13 heteroatoms. The maximum atomic E-state index is 14.2. The van der Waals surface area contributed by atoms with Crippen LogP contribution in [-0.2, 0) is 6.42 Å². The first-order valence-corrected chi connectivity index (χ1v) is 14.3. The molecule has 6 N–H and O–H groups in total. The third-order valence-corrected chi connectivity index (χ3v) is 8.16. The summed E-state index contributed by atoms with van der Waals surface area (Å²) >= 11 is 12.3. The summed E-state index contributed by atoms with van der Waals surface area (Å²) in [5.74, 6) is -0.390. The molecule has 0 aliphatic heterocycles. The molecule has 0 saturated carbocycles. The summed E-state index contributed by atoms with van der Waals surface area (Å²) < 4.78 is 1.01. The lowest BCUT2D eigenvalue weighted by molar-refractivity contribution is -0.118. The lowest BCUT2D eigenvalue weighted by Gasteiger charge is -2.25. The van der Waals surface area contributed by atoms with Gasteiger partial charge in [-0.2, -0.15) is 10.1 Å². The second-order valence-corrected chi connectivity index (χ2v) is 11.3.